The Kier molecular flexibility index (Phi) is 8.07. The van der Waals surface area contributed by atoms with Crippen LogP contribution >= 0.6 is 27.5 Å². The highest BCUT2D eigenvalue weighted by molar-refractivity contribution is 9.10. The number of esters is 1. The van der Waals surface area contributed by atoms with Crippen LogP contribution in [-0.4, -0.2) is 36.7 Å². The number of hydrogen-bond acceptors (Lipinski definition) is 6. The molecule has 0 aliphatic heterocycles. The summed E-state index contributed by atoms with van der Waals surface area (Å²) in [5.74, 6) is 0.00162. The maximum Gasteiger partial charge on any atom is 0.339 e. The zero-order valence-electron chi connectivity index (χ0n) is 15.6. The van der Waals surface area contributed by atoms with Crippen LogP contribution in [0.15, 0.2) is 34.9 Å². The number of pyridine rings is 1. The summed E-state index contributed by atoms with van der Waals surface area (Å²) in [6, 6.07) is 6.20. The summed E-state index contributed by atoms with van der Waals surface area (Å²) in [5.41, 5.74) is 0.219. The number of halogens is 2. The van der Waals surface area contributed by atoms with E-state index in [1.165, 1.54) is 26.3 Å². The third-order valence-corrected chi connectivity index (χ3v) is 4.36. The number of methoxy groups -OCH3 is 1. The van der Waals surface area contributed by atoms with Gasteiger partial charge in [0.25, 0.3) is 5.91 Å². The molecule has 28 heavy (non-hydrogen) atoms. The fourth-order valence-corrected chi connectivity index (χ4v) is 2.81. The molecule has 2 rings (SSSR count). The predicted octanol–water partition coefficient (Wildman–Crippen LogP) is 4.48. The standard InChI is InChI=1S/C19H20BrClN2O5/c1-4-7-27-17-14(20)8-12(9-15(17)26-3)19(25)28-11(2)18(24)23-16-6-5-13(21)10-22-16/h5-6,8-11H,4,7H2,1-3H3,(H,22,23,24). The largest absolute Gasteiger partial charge is 0.493 e. The number of hydrogen-bond donors (Lipinski definition) is 1. The number of carbonyl (C=O) groups excluding carboxylic acids is 2. The Morgan fingerprint density at radius 1 is 1.32 bits per heavy atom. The van der Waals surface area contributed by atoms with E-state index < -0.39 is 18.0 Å². The second kappa shape index (κ2) is 10.3. The molecular weight excluding hydrogens is 452 g/mol. The van der Waals surface area contributed by atoms with Crippen LogP contribution in [0, 0.1) is 0 Å². The van der Waals surface area contributed by atoms with Crippen molar-refractivity contribution in [1.82, 2.24) is 4.98 Å². The number of rotatable bonds is 8. The Labute approximate surface area is 176 Å². The van der Waals surface area contributed by atoms with Crippen LogP contribution in [0.4, 0.5) is 5.82 Å². The maximum atomic E-state index is 12.4. The molecule has 0 saturated heterocycles. The van der Waals surface area contributed by atoms with E-state index in [-0.39, 0.29) is 5.56 Å². The van der Waals surface area contributed by atoms with Crippen LogP contribution in [0.25, 0.3) is 0 Å². The summed E-state index contributed by atoms with van der Waals surface area (Å²) in [6.07, 6.45) is 1.19. The first-order valence-corrected chi connectivity index (χ1v) is 9.66. The number of amides is 1. The molecule has 1 aromatic heterocycles. The van der Waals surface area contributed by atoms with Gasteiger partial charge in [0.2, 0.25) is 0 Å². The van der Waals surface area contributed by atoms with E-state index in [0.29, 0.717) is 33.4 Å². The molecule has 9 heteroatoms. The maximum absolute atomic E-state index is 12.4. The average molecular weight is 472 g/mol. The highest BCUT2D eigenvalue weighted by Gasteiger charge is 2.22. The van der Waals surface area contributed by atoms with Gasteiger partial charge in [-0.25, -0.2) is 9.78 Å². The first-order chi connectivity index (χ1) is 13.3. The minimum atomic E-state index is -1.04. The van der Waals surface area contributed by atoms with Crippen molar-refractivity contribution in [3.63, 3.8) is 0 Å². The first-order valence-electron chi connectivity index (χ1n) is 8.49. The monoisotopic (exact) mass is 470 g/mol. The lowest BCUT2D eigenvalue weighted by atomic mass is 10.2. The first kappa shape index (κ1) is 22.0. The van der Waals surface area contributed by atoms with E-state index in [1.807, 2.05) is 6.92 Å². The zero-order chi connectivity index (χ0) is 20.7. The molecule has 0 bridgehead atoms. The van der Waals surface area contributed by atoms with Crippen LogP contribution in [0.1, 0.15) is 30.6 Å². The Morgan fingerprint density at radius 3 is 2.68 bits per heavy atom. The zero-order valence-corrected chi connectivity index (χ0v) is 18.0. The van der Waals surface area contributed by atoms with Crippen LogP contribution in [0.5, 0.6) is 11.5 Å². The van der Waals surface area contributed by atoms with Crippen molar-refractivity contribution >= 4 is 45.2 Å². The minimum absolute atomic E-state index is 0.219. The van der Waals surface area contributed by atoms with Gasteiger partial charge in [-0.2, -0.15) is 0 Å². The fraction of sp³-hybridized carbons (Fsp3) is 0.316. The van der Waals surface area contributed by atoms with Crippen molar-refractivity contribution in [3.05, 3.63) is 45.5 Å². The summed E-state index contributed by atoms with van der Waals surface area (Å²) in [5, 5.41) is 3.00. The van der Waals surface area contributed by atoms with Gasteiger partial charge in [0.05, 0.1) is 28.8 Å². The number of anilines is 1. The van der Waals surface area contributed by atoms with Gasteiger partial charge in [-0.15, -0.1) is 0 Å². The Morgan fingerprint density at radius 2 is 2.07 bits per heavy atom. The smallest absolute Gasteiger partial charge is 0.339 e. The van der Waals surface area contributed by atoms with Gasteiger partial charge < -0.3 is 19.5 Å². The molecule has 0 radical (unpaired) electrons. The molecule has 0 fully saturated rings. The molecule has 2 aromatic rings. The molecule has 1 N–H and O–H groups in total. The van der Waals surface area contributed by atoms with E-state index in [2.05, 4.69) is 26.2 Å². The molecule has 0 aliphatic carbocycles. The van der Waals surface area contributed by atoms with Gasteiger partial charge in [0, 0.05) is 6.20 Å². The van der Waals surface area contributed by atoms with E-state index >= 15 is 0 Å². The topological polar surface area (TPSA) is 86.8 Å². The summed E-state index contributed by atoms with van der Waals surface area (Å²) >= 11 is 9.13. The molecular formula is C19H20BrClN2O5. The lowest BCUT2D eigenvalue weighted by molar-refractivity contribution is -0.123. The van der Waals surface area contributed by atoms with Gasteiger partial charge in [0.15, 0.2) is 17.6 Å². The van der Waals surface area contributed by atoms with Gasteiger partial charge in [-0.3, -0.25) is 4.79 Å². The second-order valence-electron chi connectivity index (χ2n) is 5.74. The molecule has 1 amide bonds. The third-order valence-electron chi connectivity index (χ3n) is 3.55. The number of nitrogens with one attached hydrogen (secondary N) is 1. The highest BCUT2D eigenvalue weighted by Crippen LogP contribution is 2.37. The SMILES string of the molecule is CCCOc1c(Br)cc(C(=O)OC(C)C(=O)Nc2ccc(Cl)cn2)cc1OC. The third kappa shape index (κ3) is 5.84. The van der Waals surface area contributed by atoms with Crippen molar-refractivity contribution in [2.24, 2.45) is 0 Å². The van der Waals surface area contributed by atoms with E-state index in [9.17, 15) is 9.59 Å². The number of nitrogens with zero attached hydrogens (tertiary/aromatic N) is 1. The van der Waals surface area contributed by atoms with E-state index in [4.69, 9.17) is 25.8 Å². The average Bonchev–Trinajstić information content (AvgIpc) is 2.68. The lowest BCUT2D eigenvalue weighted by Crippen LogP contribution is -2.30. The predicted molar refractivity (Wildman–Crippen MR) is 109 cm³/mol. The van der Waals surface area contributed by atoms with Crippen LogP contribution < -0.4 is 14.8 Å². The van der Waals surface area contributed by atoms with Gasteiger partial charge in [-0.05, 0) is 53.5 Å². The van der Waals surface area contributed by atoms with Crippen molar-refractivity contribution in [3.8, 4) is 11.5 Å². The van der Waals surface area contributed by atoms with Crippen molar-refractivity contribution < 1.29 is 23.8 Å². The van der Waals surface area contributed by atoms with Crippen molar-refractivity contribution in [2.45, 2.75) is 26.4 Å². The summed E-state index contributed by atoms with van der Waals surface area (Å²) < 4.78 is 16.7. The molecule has 0 aliphatic rings. The molecule has 150 valence electrons. The van der Waals surface area contributed by atoms with Crippen molar-refractivity contribution in [1.29, 1.82) is 0 Å². The fourth-order valence-electron chi connectivity index (χ4n) is 2.14. The molecule has 1 aromatic carbocycles. The number of benzene rings is 1. The molecule has 1 heterocycles. The van der Waals surface area contributed by atoms with Crippen LogP contribution in [-0.2, 0) is 9.53 Å². The Balaban J connectivity index is 2.07. The van der Waals surface area contributed by atoms with Crippen LogP contribution in [0.3, 0.4) is 0 Å². The number of carbonyl (C=O) groups is 2. The lowest BCUT2D eigenvalue weighted by Gasteiger charge is -2.16. The van der Waals surface area contributed by atoms with Gasteiger partial charge >= 0.3 is 5.97 Å². The number of aromatic nitrogens is 1. The van der Waals surface area contributed by atoms with Gasteiger partial charge in [-0.1, -0.05) is 18.5 Å². The highest BCUT2D eigenvalue weighted by atomic mass is 79.9. The summed E-state index contributed by atoms with van der Waals surface area (Å²) in [4.78, 5) is 28.6. The molecule has 0 saturated carbocycles. The Bertz CT molecular complexity index is 845. The van der Waals surface area contributed by atoms with Crippen molar-refractivity contribution in [2.75, 3.05) is 19.0 Å². The molecule has 1 atom stereocenters. The molecule has 1 unspecified atom stereocenters. The molecule has 7 nitrogen and oxygen atoms in total. The second-order valence-corrected chi connectivity index (χ2v) is 7.03. The normalized spacial score (nSPS) is 11.5. The summed E-state index contributed by atoms with van der Waals surface area (Å²) in [7, 11) is 1.48. The Hall–Kier alpha value is -2.32. The summed E-state index contributed by atoms with van der Waals surface area (Å²) in [6.45, 7) is 3.96. The number of ether oxygens (including phenoxy) is 3. The minimum Gasteiger partial charge on any atom is -0.493 e. The van der Waals surface area contributed by atoms with Crippen LogP contribution in [0.2, 0.25) is 5.02 Å². The van der Waals surface area contributed by atoms with E-state index in [0.717, 1.165) is 6.42 Å². The van der Waals surface area contributed by atoms with Gasteiger partial charge in [0.1, 0.15) is 5.82 Å². The molecule has 0 spiro atoms. The quantitative estimate of drug-likeness (QED) is 0.571. The van der Waals surface area contributed by atoms with E-state index in [1.54, 1.807) is 18.2 Å².